The van der Waals surface area contributed by atoms with E-state index in [1.165, 1.54) is 4.90 Å². The maximum Gasteiger partial charge on any atom is 0.247 e. The number of β-amino-alcohol motifs (C(OH)–C–C–N with tert-alkyl or cyclic N) is 1. The summed E-state index contributed by atoms with van der Waals surface area (Å²) in [5, 5.41) is 15.5. The molecule has 0 spiro atoms. The number of rotatable bonds is 6. The predicted octanol–water partition coefficient (Wildman–Crippen LogP) is 1.67. The van der Waals surface area contributed by atoms with Crippen LogP contribution in [0.3, 0.4) is 0 Å². The molecular formula is C21H26ClN3O4. The van der Waals surface area contributed by atoms with Crippen molar-refractivity contribution in [1.82, 2.24) is 10.2 Å². The predicted molar refractivity (Wildman–Crippen MR) is 110 cm³/mol. The lowest BCUT2D eigenvalue weighted by atomic mass is 9.69. The van der Waals surface area contributed by atoms with E-state index < -0.39 is 23.8 Å². The van der Waals surface area contributed by atoms with E-state index in [1.54, 1.807) is 31.3 Å². The number of hydrogen-bond donors (Lipinski definition) is 3. The Bertz CT molecular complexity index is 811. The summed E-state index contributed by atoms with van der Waals surface area (Å²) in [5.74, 6) is -2.50. The van der Waals surface area contributed by atoms with E-state index >= 15 is 0 Å². The first kappa shape index (κ1) is 21.3. The number of likely N-dealkylation sites (tertiary alicyclic amines) is 1. The highest BCUT2D eigenvalue weighted by Crippen LogP contribution is 2.44. The first-order valence-electron chi connectivity index (χ1n) is 9.80. The van der Waals surface area contributed by atoms with Crippen LogP contribution in [-0.2, 0) is 14.4 Å². The molecule has 0 aromatic heterocycles. The molecule has 0 saturated carbocycles. The Morgan fingerprint density at radius 2 is 1.86 bits per heavy atom. The molecule has 7 nitrogen and oxygen atoms in total. The van der Waals surface area contributed by atoms with Crippen LogP contribution in [-0.4, -0.2) is 54.0 Å². The summed E-state index contributed by atoms with van der Waals surface area (Å²) in [6, 6.07) is 5.90. The zero-order valence-corrected chi connectivity index (χ0v) is 17.2. The van der Waals surface area contributed by atoms with Crippen LogP contribution in [0.1, 0.15) is 13.3 Å². The van der Waals surface area contributed by atoms with Gasteiger partial charge >= 0.3 is 0 Å². The minimum Gasteiger partial charge on any atom is -0.395 e. The van der Waals surface area contributed by atoms with Crippen molar-refractivity contribution in [3.8, 4) is 0 Å². The molecule has 2 aliphatic rings. The normalized spacial score (nSPS) is 28.2. The molecule has 0 bridgehead atoms. The van der Waals surface area contributed by atoms with Crippen molar-refractivity contribution in [2.24, 2.45) is 23.7 Å². The molecular weight excluding hydrogens is 394 g/mol. The average Bonchev–Trinajstić information content (AvgIpc) is 3.00. The van der Waals surface area contributed by atoms with Crippen molar-refractivity contribution >= 4 is 35.0 Å². The number of halogens is 1. The molecule has 1 fully saturated rings. The Labute approximate surface area is 175 Å². The highest BCUT2D eigenvalue weighted by Gasteiger charge is 2.56. The van der Waals surface area contributed by atoms with E-state index in [0.717, 1.165) is 0 Å². The van der Waals surface area contributed by atoms with E-state index in [9.17, 15) is 19.5 Å². The van der Waals surface area contributed by atoms with Crippen molar-refractivity contribution in [2.75, 3.05) is 25.5 Å². The van der Waals surface area contributed by atoms with Gasteiger partial charge in [0.1, 0.15) is 6.04 Å². The number of amides is 3. The highest BCUT2D eigenvalue weighted by atomic mass is 35.5. The van der Waals surface area contributed by atoms with Gasteiger partial charge in [-0.3, -0.25) is 14.4 Å². The highest BCUT2D eigenvalue weighted by molar-refractivity contribution is 6.30. The van der Waals surface area contributed by atoms with Crippen molar-refractivity contribution in [3.63, 3.8) is 0 Å². The van der Waals surface area contributed by atoms with Gasteiger partial charge in [0.2, 0.25) is 17.7 Å². The molecule has 3 rings (SSSR count). The molecule has 1 aliphatic heterocycles. The number of aliphatic hydroxyl groups excluding tert-OH is 1. The van der Waals surface area contributed by atoms with Gasteiger partial charge in [-0.25, -0.2) is 0 Å². The Morgan fingerprint density at radius 3 is 2.45 bits per heavy atom. The average molecular weight is 420 g/mol. The molecule has 8 heteroatoms. The van der Waals surface area contributed by atoms with Gasteiger partial charge in [0.25, 0.3) is 0 Å². The van der Waals surface area contributed by atoms with Crippen LogP contribution >= 0.6 is 11.6 Å². The molecule has 156 valence electrons. The number of benzene rings is 1. The summed E-state index contributed by atoms with van der Waals surface area (Å²) in [7, 11) is 1.55. The monoisotopic (exact) mass is 419 g/mol. The van der Waals surface area contributed by atoms with Crippen LogP contribution in [0, 0.1) is 23.7 Å². The second-order valence-corrected chi connectivity index (χ2v) is 7.83. The first-order valence-corrected chi connectivity index (χ1v) is 10.2. The first-order chi connectivity index (χ1) is 13.9. The van der Waals surface area contributed by atoms with Crippen molar-refractivity contribution in [2.45, 2.75) is 19.4 Å². The standard InChI is InChI=1S/C21H26ClN3O4/c1-3-12-4-9-15-17(16(12)19(27)23-2)21(29)25(10-11-26)18(15)20(28)24-14-7-5-13(22)6-8-14/h4-9,12,15-18,26H,3,10-11H2,1-2H3,(H,23,27)(H,24,28)/t12-,15+,16-,17-,18+/m1/s1. The summed E-state index contributed by atoms with van der Waals surface area (Å²) < 4.78 is 0. The third-order valence-electron chi connectivity index (χ3n) is 5.85. The lowest BCUT2D eigenvalue weighted by Gasteiger charge is -2.33. The number of anilines is 1. The molecule has 3 amide bonds. The van der Waals surface area contributed by atoms with Crippen LogP contribution in [0.25, 0.3) is 0 Å². The number of nitrogens with zero attached hydrogens (tertiary/aromatic N) is 1. The molecule has 0 unspecified atom stereocenters. The van der Waals surface area contributed by atoms with Gasteiger partial charge in [0.05, 0.1) is 18.4 Å². The number of carbonyl (C=O) groups excluding carboxylic acids is 3. The number of carbonyl (C=O) groups is 3. The summed E-state index contributed by atoms with van der Waals surface area (Å²) >= 11 is 5.90. The van der Waals surface area contributed by atoms with Crippen LogP contribution in [0.4, 0.5) is 5.69 Å². The van der Waals surface area contributed by atoms with E-state index in [-0.39, 0.29) is 36.8 Å². The van der Waals surface area contributed by atoms with Gasteiger partial charge < -0.3 is 20.6 Å². The maximum absolute atomic E-state index is 13.2. The van der Waals surface area contributed by atoms with Gasteiger partial charge in [-0.2, -0.15) is 0 Å². The summed E-state index contributed by atoms with van der Waals surface area (Å²) in [4.78, 5) is 40.4. The molecule has 1 heterocycles. The third-order valence-corrected chi connectivity index (χ3v) is 6.11. The minimum atomic E-state index is -0.795. The fourth-order valence-electron chi connectivity index (χ4n) is 4.51. The zero-order valence-electron chi connectivity index (χ0n) is 16.5. The molecule has 3 N–H and O–H groups in total. The van der Waals surface area contributed by atoms with Crippen molar-refractivity contribution < 1.29 is 19.5 Å². The third kappa shape index (κ3) is 4.02. The van der Waals surface area contributed by atoms with E-state index in [2.05, 4.69) is 10.6 Å². The second-order valence-electron chi connectivity index (χ2n) is 7.40. The van der Waals surface area contributed by atoms with Crippen molar-refractivity contribution in [3.05, 3.63) is 41.4 Å². The summed E-state index contributed by atoms with van der Waals surface area (Å²) in [6.45, 7) is 1.75. The van der Waals surface area contributed by atoms with Crippen molar-refractivity contribution in [1.29, 1.82) is 0 Å². The van der Waals surface area contributed by atoms with E-state index in [1.807, 2.05) is 19.1 Å². The quantitative estimate of drug-likeness (QED) is 0.611. The Kier molecular flexibility index (Phi) is 6.59. The van der Waals surface area contributed by atoms with Crippen LogP contribution < -0.4 is 10.6 Å². The SMILES string of the molecule is CC[C@@H]1C=C[C@H]2[C@@H](C(=O)N(CCO)[C@@H]2C(=O)Nc2ccc(Cl)cc2)[C@@H]1C(=O)NC. The van der Waals surface area contributed by atoms with Crippen LogP contribution in [0.5, 0.6) is 0 Å². The lowest BCUT2D eigenvalue weighted by Crippen LogP contribution is -2.45. The summed E-state index contributed by atoms with van der Waals surface area (Å²) in [6.07, 6.45) is 4.55. The zero-order chi connectivity index (χ0) is 21.1. The smallest absolute Gasteiger partial charge is 0.247 e. The lowest BCUT2D eigenvalue weighted by molar-refractivity contribution is -0.140. The number of allylic oxidation sites excluding steroid dienone is 1. The Hall–Kier alpha value is -2.38. The van der Waals surface area contributed by atoms with E-state index in [0.29, 0.717) is 17.1 Å². The van der Waals surface area contributed by atoms with E-state index in [4.69, 9.17) is 11.6 Å². The Balaban J connectivity index is 1.94. The number of hydrogen-bond acceptors (Lipinski definition) is 4. The number of fused-ring (bicyclic) bond motifs is 1. The van der Waals surface area contributed by atoms with Crippen LogP contribution in [0.2, 0.25) is 5.02 Å². The van der Waals surface area contributed by atoms with Gasteiger partial charge in [0.15, 0.2) is 0 Å². The van der Waals surface area contributed by atoms with Gasteiger partial charge in [-0.05, 0) is 36.6 Å². The minimum absolute atomic E-state index is 0.0373. The largest absolute Gasteiger partial charge is 0.395 e. The number of nitrogens with one attached hydrogen (secondary N) is 2. The molecule has 0 radical (unpaired) electrons. The topological polar surface area (TPSA) is 98.7 Å². The van der Waals surface area contributed by atoms with Gasteiger partial charge in [-0.15, -0.1) is 0 Å². The molecule has 1 aliphatic carbocycles. The second kappa shape index (κ2) is 8.97. The molecule has 5 atom stereocenters. The Morgan fingerprint density at radius 1 is 1.17 bits per heavy atom. The maximum atomic E-state index is 13.2. The fourth-order valence-corrected chi connectivity index (χ4v) is 4.64. The van der Waals surface area contributed by atoms with Gasteiger partial charge in [-0.1, -0.05) is 30.7 Å². The fraction of sp³-hybridized carbons (Fsp3) is 0.476. The number of aliphatic hydroxyl groups is 1. The molecule has 1 aromatic rings. The molecule has 1 aromatic carbocycles. The van der Waals surface area contributed by atoms with Crippen LogP contribution in [0.15, 0.2) is 36.4 Å². The van der Waals surface area contributed by atoms with Gasteiger partial charge in [0, 0.05) is 30.2 Å². The molecule has 1 saturated heterocycles. The molecule has 29 heavy (non-hydrogen) atoms. The summed E-state index contributed by atoms with van der Waals surface area (Å²) in [5.41, 5.74) is 0.563.